The zero-order valence-corrected chi connectivity index (χ0v) is 12.8. The van der Waals surface area contributed by atoms with Crippen LogP contribution in [0.5, 0.6) is 0 Å². The van der Waals surface area contributed by atoms with E-state index in [1.807, 2.05) is 12.1 Å². The highest BCUT2D eigenvalue weighted by Crippen LogP contribution is 2.27. The first-order valence-corrected chi connectivity index (χ1v) is 8.39. The lowest BCUT2D eigenvalue weighted by atomic mass is 10.0. The third-order valence-electron chi connectivity index (χ3n) is 3.49. The minimum Gasteiger partial charge on any atom is -0.412 e. The van der Waals surface area contributed by atoms with Crippen LogP contribution in [0.2, 0.25) is 5.54 Å². The fourth-order valence-corrected chi connectivity index (χ4v) is 3.77. The second-order valence-corrected chi connectivity index (χ2v) is 6.58. The first-order valence-electron chi connectivity index (χ1n) is 7.00. The summed E-state index contributed by atoms with van der Waals surface area (Å²) < 4.78 is 6.33. The van der Waals surface area contributed by atoms with E-state index in [1.165, 1.54) is 11.1 Å². The van der Waals surface area contributed by atoms with Crippen LogP contribution >= 0.6 is 0 Å². The molecule has 3 rings (SSSR count). The van der Waals surface area contributed by atoms with Gasteiger partial charge in [-0.15, -0.1) is 0 Å². The molecule has 2 aromatic rings. The number of benzene rings is 2. The van der Waals surface area contributed by atoms with Gasteiger partial charge in [-0.2, -0.15) is 0 Å². The highest BCUT2D eigenvalue weighted by atomic mass is 28.2. The molecule has 0 heterocycles. The van der Waals surface area contributed by atoms with Crippen molar-refractivity contribution in [3.8, 4) is 0 Å². The molecule has 2 aromatic carbocycles. The Morgan fingerprint density at radius 2 is 1.25 bits per heavy atom. The normalized spacial score (nSPS) is 14.8. The van der Waals surface area contributed by atoms with Gasteiger partial charge in [0.25, 0.3) is 0 Å². The predicted octanol–water partition coefficient (Wildman–Crippen LogP) is 3.79. The molecule has 0 spiro atoms. The van der Waals surface area contributed by atoms with Crippen molar-refractivity contribution in [1.82, 2.24) is 0 Å². The molecule has 100 valence electrons. The molecule has 2 heteroatoms. The van der Waals surface area contributed by atoms with Gasteiger partial charge < -0.3 is 4.43 Å². The Bertz CT molecular complexity index is 538. The molecule has 1 aliphatic carbocycles. The summed E-state index contributed by atoms with van der Waals surface area (Å²) in [6.45, 7) is 0. The summed E-state index contributed by atoms with van der Waals surface area (Å²) in [5, 5.41) is 0. The number of allylic oxidation sites excluding steroid dienone is 4. The van der Waals surface area contributed by atoms with Gasteiger partial charge >= 0.3 is 0 Å². The molecule has 0 bridgehead atoms. The minimum atomic E-state index is -0.621. The Labute approximate surface area is 122 Å². The van der Waals surface area contributed by atoms with Crippen LogP contribution in [-0.2, 0) is 4.43 Å². The van der Waals surface area contributed by atoms with Gasteiger partial charge in [-0.3, -0.25) is 0 Å². The number of rotatable bonds is 5. The van der Waals surface area contributed by atoms with Gasteiger partial charge in [0.15, 0.2) is 9.76 Å². The molecule has 0 radical (unpaired) electrons. The Morgan fingerprint density at radius 1 is 0.750 bits per heavy atom. The lowest BCUT2D eigenvalue weighted by molar-refractivity contribution is 0.260. The standard InChI is InChI=1S/C18H18OSi/c1-3-9-15(10-4-1)18(16-11-5-2-6-12-16)19-20-17-13-7-8-14-17/h1-14,17-18H,20H2. The van der Waals surface area contributed by atoms with Crippen LogP contribution in [0, 0.1) is 0 Å². The third kappa shape index (κ3) is 3.16. The molecule has 0 atom stereocenters. The van der Waals surface area contributed by atoms with Crippen LogP contribution < -0.4 is 0 Å². The second-order valence-electron chi connectivity index (χ2n) is 4.97. The molecule has 0 aromatic heterocycles. The molecule has 0 aliphatic heterocycles. The summed E-state index contributed by atoms with van der Waals surface area (Å²) in [6.07, 6.45) is 8.76. The summed E-state index contributed by atoms with van der Waals surface area (Å²) in [5.41, 5.74) is 3.00. The highest BCUT2D eigenvalue weighted by molar-refractivity contribution is 6.31. The van der Waals surface area contributed by atoms with E-state index in [2.05, 4.69) is 72.8 Å². The van der Waals surface area contributed by atoms with Crippen molar-refractivity contribution in [2.75, 3.05) is 0 Å². The van der Waals surface area contributed by atoms with Crippen LogP contribution in [-0.4, -0.2) is 9.76 Å². The highest BCUT2D eigenvalue weighted by Gasteiger charge is 2.16. The van der Waals surface area contributed by atoms with Gasteiger partial charge in [0.05, 0.1) is 6.10 Å². The Hall–Kier alpha value is -1.90. The topological polar surface area (TPSA) is 9.23 Å². The van der Waals surface area contributed by atoms with Gasteiger partial charge in [0.1, 0.15) is 0 Å². The first kappa shape index (κ1) is 13.1. The van der Waals surface area contributed by atoms with Crippen LogP contribution in [0.1, 0.15) is 17.2 Å². The number of hydrogen-bond donors (Lipinski definition) is 0. The molecule has 0 unspecified atom stereocenters. The van der Waals surface area contributed by atoms with Crippen molar-refractivity contribution < 1.29 is 4.43 Å². The molecule has 1 aliphatic rings. The third-order valence-corrected chi connectivity index (χ3v) is 4.94. The number of hydrogen-bond acceptors (Lipinski definition) is 1. The van der Waals surface area contributed by atoms with E-state index in [0.717, 1.165) is 0 Å². The molecule has 0 amide bonds. The zero-order valence-electron chi connectivity index (χ0n) is 11.4. The lowest BCUT2D eigenvalue weighted by Crippen LogP contribution is -2.12. The Balaban J connectivity index is 1.80. The SMILES string of the molecule is C1=CC([SiH2]OC(c2ccccc2)c2ccccc2)C=C1. The van der Waals surface area contributed by atoms with Crippen LogP contribution in [0.4, 0.5) is 0 Å². The summed E-state index contributed by atoms with van der Waals surface area (Å²) in [7, 11) is -0.621. The fourth-order valence-electron chi connectivity index (χ4n) is 2.44. The maximum Gasteiger partial charge on any atom is 0.173 e. The zero-order chi connectivity index (χ0) is 13.6. The van der Waals surface area contributed by atoms with Gasteiger partial charge in [-0.05, 0) is 11.1 Å². The van der Waals surface area contributed by atoms with Crippen molar-refractivity contribution in [2.24, 2.45) is 0 Å². The van der Waals surface area contributed by atoms with Crippen LogP contribution in [0.25, 0.3) is 0 Å². The van der Waals surface area contributed by atoms with Gasteiger partial charge in [-0.25, -0.2) is 0 Å². The van der Waals surface area contributed by atoms with Crippen LogP contribution in [0.15, 0.2) is 85.0 Å². The van der Waals surface area contributed by atoms with Crippen molar-refractivity contribution >= 4 is 9.76 Å². The summed E-state index contributed by atoms with van der Waals surface area (Å²) >= 11 is 0. The van der Waals surface area contributed by atoms with Crippen LogP contribution in [0.3, 0.4) is 0 Å². The molecule has 20 heavy (non-hydrogen) atoms. The monoisotopic (exact) mass is 278 g/mol. The average molecular weight is 278 g/mol. The summed E-state index contributed by atoms with van der Waals surface area (Å²) in [6, 6.07) is 21.0. The predicted molar refractivity (Wildman–Crippen MR) is 86.4 cm³/mol. The van der Waals surface area contributed by atoms with Crippen molar-refractivity contribution in [2.45, 2.75) is 11.6 Å². The minimum absolute atomic E-state index is 0.0615. The molecule has 0 saturated heterocycles. The van der Waals surface area contributed by atoms with E-state index < -0.39 is 9.76 Å². The average Bonchev–Trinajstić information content (AvgIpc) is 3.03. The molecule has 0 N–H and O–H groups in total. The Morgan fingerprint density at radius 3 is 1.75 bits per heavy atom. The molecule has 0 saturated carbocycles. The Kier molecular flexibility index (Phi) is 4.26. The second kappa shape index (κ2) is 6.50. The molecule has 1 nitrogen and oxygen atoms in total. The van der Waals surface area contributed by atoms with E-state index in [-0.39, 0.29) is 6.10 Å². The van der Waals surface area contributed by atoms with Crippen molar-refractivity contribution in [1.29, 1.82) is 0 Å². The van der Waals surface area contributed by atoms with Crippen molar-refractivity contribution in [3.63, 3.8) is 0 Å². The quantitative estimate of drug-likeness (QED) is 0.756. The van der Waals surface area contributed by atoms with Gasteiger partial charge in [0, 0.05) is 5.54 Å². The van der Waals surface area contributed by atoms with Crippen molar-refractivity contribution in [3.05, 3.63) is 96.1 Å². The molecular weight excluding hydrogens is 260 g/mol. The maximum absolute atomic E-state index is 6.33. The maximum atomic E-state index is 6.33. The van der Waals surface area contributed by atoms with E-state index >= 15 is 0 Å². The van der Waals surface area contributed by atoms with Gasteiger partial charge in [0.2, 0.25) is 0 Å². The van der Waals surface area contributed by atoms with E-state index in [0.29, 0.717) is 5.54 Å². The summed E-state index contributed by atoms with van der Waals surface area (Å²) in [4.78, 5) is 0. The van der Waals surface area contributed by atoms with E-state index in [1.54, 1.807) is 0 Å². The van der Waals surface area contributed by atoms with Gasteiger partial charge in [-0.1, -0.05) is 85.0 Å². The smallest absolute Gasteiger partial charge is 0.173 e. The molecule has 0 fully saturated rings. The lowest BCUT2D eigenvalue weighted by Gasteiger charge is -2.20. The molecular formula is C18H18OSi. The summed E-state index contributed by atoms with van der Waals surface area (Å²) in [5.74, 6) is 0. The van der Waals surface area contributed by atoms with E-state index in [9.17, 15) is 0 Å². The largest absolute Gasteiger partial charge is 0.412 e. The first-order chi connectivity index (χ1) is 9.93. The van der Waals surface area contributed by atoms with E-state index in [4.69, 9.17) is 4.43 Å². The fraction of sp³-hybridized carbons (Fsp3) is 0.111.